The molecule has 134 valence electrons. The first kappa shape index (κ1) is 18.0. The highest BCUT2D eigenvalue weighted by atomic mass is 35.5. The number of hydrogen-bond acceptors (Lipinski definition) is 4. The Kier molecular flexibility index (Phi) is 5.34. The summed E-state index contributed by atoms with van der Waals surface area (Å²) in [4.78, 5) is 17.6. The summed E-state index contributed by atoms with van der Waals surface area (Å²) in [6, 6.07) is 11.6. The maximum Gasteiger partial charge on any atom is 0.238 e. The average molecular weight is 423 g/mol. The third kappa shape index (κ3) is 3.68. The van der Waals surface area contributed by atoms with Gasteiger partial charge in [0.15, 0.2) is 0 Å². The van der Waals surface area contributed by atoms with Gasteiger partial charge in [0.25, 0.3) is 0 Å². The Bertz CT molecular complexity index is 924. The lowest BCUT2D eigenvalue weighted by atomic mass is 9.98. The topological polar surface area (TPSA) is 32.3 Å². The zero-order valence-corrected chi connectivity index (χ0v) is 16.9. The van der Waals surface area contributed by atoms with Crippen molar-refractivity contribution in [2.45, 2.75) is 12.5 Å². The van der Waals surface area contributed by atoms with E-state index in [4.69, 9.17) is 23.2 Å². The van der Waals surface area contributed by atoms with E-state index in [0.717, 1.165) is 13.0 Å². The minimum Gasteiger partial charge on any atom is -0.324 e. The van der Waals surface area contributed by atoms with Crippen LogP contribution in [0.15, 0.2) is 47.2 Å². The predicted molar refractivity (Wildman–Crippen MR) is 111 cm³/mol. The second-order valence-electron chi connectivity index (χ2n) is 6.11. The van der Waals surface area contributed by atoms with Crippen molar-refractivity contribution in [2.75, 3.05) is 18.4 Å². The number of anilines is 1. The normalized spacial score (nSPS) is 17.1. The first-order valence-electron chi connectivity index (χ1n) is 8.20. The average Bonchev–Trinajstić information content (AvgIpc) is 3.29. The van der Waals surface area contributed by atoms with Crippen LogP contribution in [0.3, 0.4) is 0 Å². The molecule has 2 aromatic heterocycles. The lowest BCUT2D eigenvalue weighted by Gasteiger charge is -2.34. The third-order valence-corrected chi connectivity index (χ3v) is 6.91. The van der Waals surface area contributed by atoms with Crippen LogP contribution >= 0.6 is 45.9 Å². The van der Waals surface area contributed by atoms with Crippen molar-refractivity contribution in [1.29, 1.82) is 0 Å². The molecule has 0 saturated heterocycles. The molecule has 3 heterocycles. The van der Waals surface area contributed by atoms with E-state index >= 15 is 0 Å². The summed E-state index contributed by atoms with van der Waals surface area (Å²) in [6.07, 6.45) is 0.972. The zero-order valence-electron chi connectivity index (χ0n) is 13.7. The highest BCUT2D eigenvalue weighted by Gasteiger charge is 2.31. The Morgan fingerprint density at radius 1 is 1.19 bits per heavy atom. The number of thiophene rings is 2. The summed E-state index contributed by atoms with van der Waals surface area (Å²) < 4.78 is 0. The SMILES string of the molecule is O=C(CN1CCc2sccc2C1c1cccs1)Nc1cc(Cl)ccc1Cl. The maximum absolute atomic E-state index is 12.7. The second kappa shape index (κ2) is 7.71. The van der Waals surface area contributed by atoms with Gasteiger partial charge in [0, 0.05) is 21.3 Å². The van der Waals surface area contributed by atoms with E-state index in [2.05, 4.69) is 39.2 Å². The maximum atomic E-state index is 12.7. The number of carbonyl (C=O) groups is 1. The fraction of sp³-hybridized carbons (Fsp3) is 0.211. The molecule has 3 aromatic rings. The first-order chi connectivity index (χ1) is 12.6. The van der Waals surface area contributed by atoms with Crippen LogP contribution in [0.25, 0.3) is 0 Å². The minimum absolute atomic E-state index is 0.0885. The molecule has 1 aliphatic rings. The molecule has 0 spiro atoms. The lowest BCUT2D eigenvalue weighted by molar-refractivity contribution is -0.117. The summed E-state index contributed by atoms with van der Waals surface area (Å²) in [5.41, 5.74) is 1.86. The van der Waals surface area contributed by atoms with Gasteiger partial charge in [-0.15, -0.1) is 22.7 Å². The molecule has 0 aliphatic carbocycles. The van der Waals surface area contributed by atoms with E-state index < -0.39 is 0 Å². The molecule has 1 aliphatic heterocycles. The number of nitrogens with zero attached hydrogens (tertiary/aromatic N) is 1. The van der Waals surface area contributed by atoms with Gasteiger partial charge in [-0.3, -0.25) is 9.69 Å². The Hall–Kier alpha value is -1.37. The summed E-state index contributed by atoms with van der Waals surface area (Å²) in [5, 5.41) is 8.14. The van der Waals surface area contributed by atoms with Crippen LogP contribution < -0.4 is 5.32 Å². The van der Waals surface area contributed by atoms with Crippen LogP contribution in [-0.2, 0) is 11.2 Å². The van der Waals surface area contributed by atoms with E-state index in [1.807, 2.05) is 0 Å². The number of carbonyl (C=O) groups excluding carboxylic acids is 1. The largest absolute Gasteiger partial charge is 0.324 e. The Labute approximate surface area is 170 Å². The molecular formula is C19H16Cl2N2OS2. The number of nitrogens with one attached hydrogen (secondary N) is 1. The molecule has 1 unspecified atom stereocenters. The quantitative estimate of drug-likeness (QED) is 0.584. The number of fused-ring (bicyclic) bond motifs is 1. The first-order valence-corrected chi connectivity index (χ1v) is 10.7. The Morgan fingerprint density at radius 2 is 2.08 bits per heavy atom. The zero-order chi connectivity index (χ0) is 18.1. The molecule has 1 amide bonds. The van der Waals surface area contributed by atoms with Crippen molar-refractivity contribution < 1.29 is 4.79 Å². The van der Waals surface area contributed by atoms with Crippen molar-refractivity contribution >= 4 is 57.5 Å². The molecule has 3 nitrogen and oxygen atoms in total. The molecule has 1 N–H and O–H groups in total. The number of rotatable bonds is 4. The van der Waals surface area contributed by atoms with Crippen molar-refractivity contribution in [3.05, 3.63) is 72.5 Å². The molecule has 26 heavy (non-hydrogen) atoms. The van der Waals surface area contributed by atoms with Crippen LogP contribution in [0.1, 0.15) is 21.4 Å². The highest BCUT2D eigenvalue weighted by molar-refractivity contribution is 7.10. The highest BCUT2D eigenvalue weighted by Crippen LogP contribution is 2.39. The van der Waals surface area contributed by atoms with E-state index in [1.165, 1.54) is 15.3 Å². The summed E-state index contributed by atoms with van der Waals surface area (Å²) in [6.45, 7) is 1.16. The molecular weight excluding hydrogens is 407 g/mol. The Morgan fingerprint density at radius 3 is 2.88 bits per heavy atom. The van der Waals surface area contributed by atoms with Crippen LogP contribution in [-0.4, -0.2) is 23.9 Å². The monoisotopic (exact) mass is 422 g/mol. The number of halogens is 2. The van der Waals surface area contributed by atoms with Gasteiger partial charge in [0.1, 0.15) is 0 Å². The van der Waals surface area contributed by atoms with E-state index in [9.17, 15) is 4.79 Å². The van der Waals surface area contributed by atoms with Gasteiger partial charge in [-0.2, -0.15) is 0 Å². The fourth-order valence-corrected chi connectivity index (χ4v) is 5.40. The van der Waals surface area contributed by atoms with Gasteiger partial charge in [-0.1, -0.05) is 29.3 Å². The standard InChI is InChI=1S/C19H16Cl2N2OS2/c20-12-3-4-14(21)15(10-12)22-18(24)11-23-7-5-16-13(6-9-26-16)19(23)17-2-1-8-25-17/h1-4,6,8-10,19H,5,7,11H2,(H,22,24). The lowest BCUT2D eigenvalue weighted by Crippen LogP contribution is -2.40. The smallest absolute Gasteiger partial charge is 0.238 e. The molecule has 0 saturated carbocycles. The van der Waals surface area contributed by atoms with Gasteiger partial charge in [-0.25, -0.2) is 0 Å². The third-order valence-electron chi connectivity index (χ3n) is 4.43. The van der Waals surface area contributed by atoms with Crippen LogP contribution in [0.2, 0.25) is 10.0 Å². The predicted octanol–water partition coefficient (Wildman–Crippen LogP) is 5.70. The van der Waals surface area contributed by atoms with E-state index in [0.29, 0.717) is 22.3 Å². The fourth-order valence-electron chi connectivity index (χ4n) is 3.29. The second-order valence-corrected chi connectivity index (χ2v) is 8.93. The van der Waals surface area contributed by atoms with Crippen molar-refractivity contribution in [1.82, 2.24) is 4.90 Å². The van der Waals surface area contributed by atoms with E-state index in [1.54, 1.807) is 40.9 Å². The van der Waals surface area contributed by atoms with Gasteiger partial charge in [0.2, 0.25) is 5.91 Å². The minimum atomic E-state index is -0.0885. The van der Waals surface area contributed by atoms with Gasteiger partial charge in [-0.05, 0) is 53.1 Å². The molecule has 0 fully saturated rings. The molecule has 0 radical (unpaired) electrons. The Balaban J connectivity index is 1.55. The van der Waals surface area contributed by atoms with Crippen molar-refractivity contribution in [3.8, 4) is 0 Å². The van der Waals surface area contributed by atoms with Crippen LogP contribution in [0.5, 0.6) is 0 Å². The van der Waals surface area contributed by atoms with Crippen LogP contribution in [0, 0.1) is 0 Å². The van der Waals surface area contributed by atoms with Gasteiger partial charge < -0.3 is 5.32 Å². The van der Waals surface area contributed by atoms with Crippen molar-refractivity contribution in [2.24, 2.45) is 0 Å². The van der Waals surface area contributed by atoms with Gasteiger partial charge >= 0.3 is 0 Å². The van der Waals surface area contributed by atoms with Gasteiger partial charge in [0.05, 0.1) is 23.3 Å². The summed E-state index contributed by atoms with van der Waals surface area (Å²) >= 11 is 15.7. The summed E-state index contributed by atoms with van der Waals surface area (Å²) in [5.74, 6) is -0.0885. The van der Waals surface area contributed by atoms with Crippen LogP contribution in [0.4, 0.5) is 5.69 Å². The summed E-state index contributed by atoms with van der Waals surface area (Å²) in [7, 11) is 0. The molecule has 4 rings (SSSR count). The number of amides is 1. The molecule has 0 bridgehead atoms. The molecule has 1 aromatic carbocycles. The molecule has 7 heteroatoms. The number of benzene rings is 1. The molecule has 1 atom stereocenters. The van der Waals surface area contributed by atoms with Crippen molar-refractivity contribution in [3.63, 3.8) is 0 Å². The van der Waals surface area contributed by atoms with E-state index in [-0.39, 0.29) is 11.9 Å². The number of hydrogen-bond donors (Lipinski definition) is 1.